The van der Waals surface area contributed by atoms with Crippen LogP contribution < -0.4 is 10.1 Å². The van der Waals surface area contributed by atoms with Gasteiger partial charge in [-0.15, -0.1) is 10.2 Å². The van der Waals surface area contributed by atoms with Crippen molar-refractivity contribution < 1.29 is 9.53 Å². The van der Waals surface area contributed by atoms with E-state index in [-0.39, 0.29) is 17.2 Å². The second-order valence-corrected chi connectivity index (χ2v) is 7.92. The normalized spacial score (nSPS) is 12.0. The van der Waals surface area contributed by atoms with E-state index in [4.69, 9.17) is 4.74 Å². The van der Waals surface area contributed by atoms with Crippen LogP contribution in [0.15, 0.2) is 59.8 Å². The maximum atomic E-state index is 12.6. The highest BCUT2D eigenvalue weighted by molar-refractivity contribution is 8.00. The molecule has 0 fully saturated rings. The topological polar surface area (TPSA) is 69.0 Å². The lowest BCUT2D eigenvalue weighted by atomic mass is 10.2. The van der Waals surface area contributed by atoms with Crippen LogP contribution in [0.2, 0.25) is 0 Å². The third-order valence-electron chi connectivity index (χ3n) is 4.22. The number of carbonyl (C=O) groups excluding carboxylic acids is 1. The van der Waals surface area contributed by atoms with Crippen LogP contribution in [0, 0.1) is 0 Å². The molecule has 0 saturated heterocycles. The number of nitrogens with zero attached hydrogens (tertiary/aromatic N) is 3. The van der Waals surface area contributed by atoms with Gasteiger partial charge in [0.05, 0.1) is 12.4 Å². The average molecular weight is 397 g/mol. The van der Waals surface area contributed by atoms with E-state index in [9.17, 15) is 4.79 Å². The second-order valence-electron chi connectivity index (χ2n) is 6.61. The number of thioether (sulfide) groups is 1. The Morgan fingerprint density at radius 1 is 1.04 bits per heavy atom. The maximum absolute atomic E-state index is 12.6. The highest BCUT2D eigenvalue weighted by atomic mass is 32.2. The van der Waals surface area contributed by atoms with Gasteiger partial charge in [-0.25, -0.2) is 0 Å². The van der Waals surface area contributed by atoms with E-state index < -0.39 is 0 Å². The van der Waals surface area contributed by atoms with E-state index in [1.54, 1.807) is 7.11 Å². The minimum atomic E-state index is -0.326. The van der Waals surface area contributed by atoms with Gasteiger partial charge in [-0.1, -0.05) is 42.1 Å². The van der Waals surface area contributed by atoms with Gasteiger partial charge in [-0.2, -0.15) is 0 Å². The molecule has 0 radical (unpaired) electrons. The molecule has 1 heterocycles. The Morgan fingerprint density at radius 2 is 1.71 bits per heavy atom. The van der Waals surface area contributed by atoms with Gasteiger partial charge in [0.15, 0.2) is 11.0 Å². The van der Waals surface area contributed by atoms with E-state index in [1.165, 1.54) is 11.8 Å². The van der Waals surface area contributed by atoms with Crippen LogP contribution in [0.1, 0.15) is 26.8 Å². The van der Waals surface area contributed by atoms with Gasteiger partial charge in [0.2, 0.25) is 5.91 Å². The van der Waals surface area contributed by atoms with Crippen LogP contribution in [0.3, 0.4) is 0 Å². The summed E-state index contributed by atoms with van der Waals surface area (Å²) in [5.74, 6) is 1.47. The quantitative estimate of drug-likeness (QED) is 0.589. The van der Waals surface area contributed by atoms with Crippen molar-refractivity contribution in [2.75, 3.05) is 12.4 Å². The first-order valence-corrected chi connectivity index (χ1v) is 9.99. The summed E-state index contributed by atoms with van der Waals surface area (Å²) in [6.45, 7) is 6.04. The second kappa shape index (κ2) is 8.93. The number of nitrogens with one attached hydrogen (secondary N) is 1. The molecule has 1 amide bonds. The molecular weight excluding hydrogens is 372 g/mol. The van der Waals surface area contributed by atoms with Gasteiger partial charge >= 0.3 is 0 Å². The van der Waals surface area contributed by atoms with E-state index >= 15 is 0 Å². The third-order valence-corrected chi connectivity index (χ3v) is 5.28. The van der Waals surface area contributed by atoms with Crippen LogP contribution >= 0.6 is 11.8 Å². The molecular formula is C21H24N4O2S. The first-order valence-electron chi connectivity index (χ1n) is 9.11. The minimum absolute atomic E-state index is 0.0882. The zero-order chi connectivity index (χ0) is 20.1. The molecule has 6 nitrogen and oxygen atoms in total. The molecule has 0 bridgehead atoms. The number of carbonyl (C=O) groups is 1. The Kier molecular flexibility index (Phi) is 6.36. The molecule has 0 spiro atoms. The summed E-state index contributed by atoms with van der Waals surface area (Å²) in [4.78, 5) is 12.6. The summed E-state index contributed by atoms with van der Waals surface area (Å²) in [6, 6.07) is 17.4. The smallest absolute Gasteiger partial charge is 0.237 e. The van der Waals surface area contributed by atoms with Gasteiger partial charge in [-0.05, 0) is 45.0 Å². The number of ether oxygens (including phenoxy) is 1. The molecule has 2 aromatic carbocycles. The lowest BCUT2D eigenvalue weighted by Crippen LogP contribution is -2.23. The fourth-order valence-electron chi connectivity index (χ4n) is 2.74. The molecule has 1 aromatic heterocycles. The Bertz CT molecular complexity index is 923. The Hall–Kier alpha value is -2.80. The number of hydrogen-bond acceptors (Lipinski definition) is 5. The van der Waals surface area contributed by atoms with Crippen LogP contribution in [0.25, 0.3) is 11.4 Å². The van der Waals surface area contributed by atoms with Crippen LogP contribution in [-0.2, 0) is 4.79 Å². The molecule has 7 heteroatoms. The molecule has 0 unspecified atom stereocenters. The molecule has 3 rings (SSSR count). The third kappa shape index (κ3) is 4.54. The summed E-state index contributed by atoms with van der Waals surface area (Å²) >= 11 is 1.40. The van der Waals surface area contributed by atoms with Gasteiger partial charge in [0.25, 0.3) is 0 Å². The monoisotopic (exact) mass is 396 g/mol. The van der Waals surface area contributed by atoms with Crippen LogP contribution in [0.5, 0.6) is 5.75 Å². The van der Waals surface area contributed by atoms with Gasteiger partial charge in [0.1, 0.15) is 5.75 Å². The molecule has 0 aliphatic carbocycles. The number of amides is 1. The van der Waals surface area contributed by atoms with Gasteiger partial charge in [0, 0.05) is 17.3 Å². The Labute approximate surface area is 169 Å². The van der Waals surface area contributed by atoms with Crippen LogP contribution in [-0.4, -0.2) is 33.0 Å². The zero-order valence-corrected chi connectivity index (χ0v) is 17.2. The van der Waals surface area contributed by atoms with E-state index in [1.807, 2.05) is 61.5 Å². The zero-order valence-electron chi connectivity index (χ0n) is 16.4. The molecule has 1 N–H and O–H groups in total. The number of anilines is 1. The summed E-state index contributed by atoms with van der Waals surface area (Å²) in [5, 5.41) is 12.0. The first kappa shape index (κ1) is 19.9. The summed E-state index contributed by atoms with van der Waals surface area (Å²) in [7, 11) is 1.61. The SMILES string of the molecule is COc1ccc(NC(=O)[C@@H](C)Sc2nnc(-c3ccccc3)n2C(C)C)cc1. The van der Waals surface area contributed by atoms with E-state index in [2.05, 4.69) is 33.9 Å². The first-order chi connectivity index (χ1) is 13.5. The molecule has 28 heavy (non-hydrogen) atoms. The molecule has 0 aliphatic rings. The number of hydrogen-bond donors (Lipinski definition) is 1. The van der Waals surface area contributed by atoms with Crippen molar-refractivity contribution in [3.05, 3.63) is 54.6 Å². The van der Waals surface area contributed by atoms with Crippen molar-refractivity contribution in [1.29, 1.82) is 0 Å². The maximum Gasteiger partial charge on any atom is 0.237 e. The summed E-state index contributed by atoms with van der Waals surface area (Å²) in [6.07, 6.45) is 0. The predicted molar refractivity (Wildman–Crippen MR) is 113 cm³/mol. The van der Waals surface area contributed by atoms with Crippen molar-refractivity contribution >= 4 is 23.4 Å². The fourth-order valence-corrected chi connectivity index (χ4v) is 3.72. The number of rotatable bonds is 7. The van der Waals surface area contributed by atoms with Crippen molar-refractivity contribution in [1.82, 2.24) is 14.8 Å². The van der Waals surface area contributed by atoms with E-state index in [0.717, 1.165) is 28.0 Å². The average Bonchev–Trinajstić information content (AvgIpc) is 3.13. The molecule has 1 atom stereocenters. The highest BCUT2D eigenvalue weighted by Gasteiger charge is 2.22. The number of aromatic nitrogens is 3. The summed E-state index contributed by atoms with van der Waals surface area (Å²) < 4.78 is 7.21. The summed E-state index contributed by atoms with van der Waals surface area (Å²) in [5.41, 5.74) is 1.74. The van der Waals surface area contributed by atoms with E-state index in [0.29, 0.717) is 0 Å². The number of methoxy groups -OCH3 is 1. The lowest BCUT2D eigenvalue weighted by molar-refractivity contribution is -0.115. The molecule has 3 aromatic rings. The Morgan fingerprint density at radius 3 is 2.32 bits per heavy atom. The molecule has 0 aliphatic heterocycles. The van der Waals surface area contributed by atoms with Crippen molar-refractivity contribution in [2.24, 2.45) is 0 Å². The fraction of sp³-hybridized carbons (Fsp3) is 0.286. The number of benzene rings is 2. The lowest BCUT2D eigenvalue weighted by Gasteiger charge is -2.16. The minimum Gasteiger partial charge on any atom is -0.497 e. The van der Waals surface area contributed by atoms with Crippen molar-refractivity contribution in [2.45, 2.75) is 37.2 Å². The largest absolute Gasteiger partial charge is 0.497 e. The van der Waals surface area contributed by atoms with Gasteiger partial charge < -0.3 is 10.1 Å². The standard InChI is InChI=1S/C21H24N4O2S/c1-14(2)25-19(16-8-6-5-7-9-16)23-24-21(25)28-15(3)20(26)22-17-10-12-18(27-4)13-11-17/h5-15H,1-4H3,(H,22,26)/t15-/m1/s1. The van der Waals surface area contributed by atoms with Crippen LogP contribution in [0.4, 0.5) is 5.69 Å². The van der Waals surface area contributed by atoms with Crippen molar-refractivity contribution in [3.63, 3.8) is 0 Å². The predicted octanol–water partition coefficient (Wildman–Crippen LogP) is 4.65. The molecule has 0 saturated carbocycles. The Balaban J connectivity index is 1.75. The molecule has 146 valence electrons. The highest BCUT2D eigenvalue weighted by Crippen LogP contribution is 2.30. The van der Waals surface area contributed by atoms with Crippen molar-refractivity contribution in [3.8, 4) is 17.1 Å². The van der Waals surface area contributed by atoms with Gasteiger partial charge in [-0.3, -0.25) is 9.36 Å².